The molecule has 1 rings (SSSR count). The van der Waals surface area contributed by atoms with E-state index in [4.69, 9.17) is 11.6 Å². The lowest BCUT2D eigenvalue weighted by Crippen LogP contribution is -2.40. The number of ketones is 1. The number of Topliss-reactive ketones (excluding diaryl/α,β-unsaturated/α-hetero) is 1. The quantitative estimate of drug-likeness (QED) is 0.856. The Bertz CT molecular complexity index is 579. The average Bonchev–Trinajstić information content (AvgIpc) is 2.20. The van der Waals surface area contributed by atoms with Gasteiger partial charge in [-0.3, -0.25) is 4.79 Å². The minimum Gasteiger partial charge on any atom is -0.298 e. The van der Waals surface area contributed by atoms with E-state index < -0.39 is 26.2 Å². The van der Waals surface area contributed by atoms with Gasteiger partial charge < -0.3 is 0 Å². The third-order valence-electron chi connectivity index (χ3n) is 2.96. The van der Waals surface area contributed by atoms with Crippen molar-refractivity contribution in [2.24, 2.45) is 0 Å². The summed E-state index contributed by atoms with van der Waals surface area (Å²) >= 11 is 5.80. The standard InChI is InChI=1S/C12H14ClFO3S/c1-12(2,18(3,16)17)11(15)6-8-4-5-9(14)7-10(8)13/h4-5,7H,6H2,1-3H3. The predicted molar refractivity (Wildman–Crippen MR) is 69.0 cm³/mol. The van der Waals surface area contributed by atoms with Crippen molar-refractivity contribution in [3.8, 4) is 0 Å². The number of benzene rings is 1. The van der Waals surface area contributed by atoms with Gasteiger partial charge in [0.25, 0.3) is 0 Å². The summed E-state index contributed by atoms with van der Waals surface area (Å²) in [6, 6.07) is 3.66. The highest BCUT2D eigenvalue weighted by atomic mass is 35.5. The van der Waals surface area contributed by atoms with Crippen molar-refractivity contribution in [1.82, 2.24) is 0 Å². The highest BCUT2D eigenvalue weighted by molar-refractivity contribution is 7.92. The van der Waals surface area contributed by atoms with Crippen LogP contribution in [-0.2, 0) is 21.1 Å². The molecule has 0 aliphatic heterocycles. The van der Waals surface area contributed by atoms with Crippen LogP contribution in [0.2, 0.25) is 5.02 Å². The Labute approximate surface area is 111 Å². The summed E-state index contributed by atoms with van der Waals surface area (Å²) in [4.78, 5) is 12.0. The molecule has 3 nitrogen and oxygen atoms in total. The Morgan fingerprint density at radius 3 is 2.39 bits per heavy atom. The van der Waals surface area contributed by atoms with Crippen LogP contribution in [0.1, 0.15) is 19.4 Å². The van der Waals surface area contributed by atoms with Gasteiger partial charge in [0.05, 0.1) is 0 Å². The zero-order chi connectivity index (χ0) is 14.1. The molecule has 6 heteroatoms. The molecule has 100 valence electrons. The Morgan fingerprint density at radius 1 is 1.39 bits per heavy atom. The van der Waals surface area contributed by atoms with Crippen molar-refractivity contribution in [2.75, 3.05) is 6.26 Å². The molecule has 0 atom stereocenters. The van der Waals surface area contributed by atoms with Crippen LogP contribution in [0.5, 0.6) is 0 Å². The van der Waals surface area contributed by atoms with Crippen LogP contribution in [0.4, 0.5) is 4.39 Å². The molecule has 1 aromatic rings. The van der Waals surface area contributed by atoms with Gasteiger partial charge in [-0.15, -0.1) is 0 Å². The van der Waals surface area contributed by atoms with Crippen molar-refractivity contribution < 1.29 is 17.6 Å². The van der Waals surface area contributed by atoms with Crippen LogP contribution < -0.4 is 0 Å². The number of hydrogen-bond acceptors (Lipinski definition) is 3. The van der Waals surface area contributed by atoms with Gasteiger partial charge in [0.1, 0.15) is 10.6 Å². The van der Waals surface area contributed by atoms with E-state index in [-0.39, 0.29) is 11.4 Å². The van der Waals surface area contributed by atoms with Gasteiger partial charge in [-0.2, -0.15) is 0 Å². The van der Waals surface area contributed by atoms with E-state index in [0.29, 0.717) is 5.56 Å². The summed E-state index contributed by atoms with van der Waals surface area (Å²) < 4.78 is 34.4. The summed E-state index contributed by atoms with van der Waals surface area (Å²) in [6.07, 6.45) is 0.871. The molecule has 0 aliphatic carbocycles. The SMILES string of the molecule is CC(C)(C(=O)Cc1ccc(F)cc1Cl)S(C)(=O)=O. The van der Waals surface area contributed by atoms with Crippen LogP contribution in [0.3, 0.4) is 0 Å². The van der Waals surface area contributed by atoms with Crippen molar-refractivity contribution in [2.45, 2.75) is 25.0 Å². The summed E-state index contributed by atoms with van der Waals surface area (Å²) in [6.45, 7) is 2.70. The van der Waals surface area contributed by atoms with E-state index in [1.54, 1.807) is 0 Å². The van der Waals surface area contributed by atoms with E-state index in [0.717, 1.165) is 12.3 Å². The molecule has 0 amide bonds. The van der Waals surface area contributed by atoms with Gasteiger partial charge in [0.2, 0.25) is 0 Å². The number of carbonyl (C=O) groups excluding carboxylic acids is 1. The minimum atomic E-state index is -3.51. The smallest absolute Gasteiger partial charge is 0.159 e. The summed E-state index contributed by atoms with van der Waals surface area (Å²) in [5, 5.41) is 0.118. The first-order valence-corrected chi connectivity index (χ1v) is 7.49. The molecule has 0 saturated heterocycles. The third kappa shape index (κ3) is 3.09. The monoisotopic (exact) mass is 292 g/mol. The van der Waals surface area contributed by atoms with Crippen LogP contribution in [0, 0.1) is 5.82 Å². The van der Waals surface area contributed by atoms with E-state index >= 15 is 0 Å². The Morgan fingerprint density at radius 2 is 1.94 bits per heavy atom. The molecule has 0 spiro atoms. The van der Waals surface area contributed by atoms with Crippen molar-refractivity contribution in [1.29, 1.82) is 0 Å². The molecule has 0 aliphatic rings. The molecule has 0 radical (unpaired) electrons. The molecular formula is C12H14ClFO3S. The van der Waals surface area contributed by atoms with E-state index in [1.807, 2.05) is 0 Å². The lowest BCUT2D eigenvalue weighted by atomic mass is 10.0. The fourth-order valence-corrected chi connectivity index (χ4v) is 1.98. The zero-order valence-electron chi connectivity index (χ0n) is 10.3. The minimum absolute atomic E-state index is 0.118. The van der Waals surface area contributed by atoms with E-state index in [9.17, 15) is 17.6 Å². The molecule has 18 heavy (non-hydrogen) atoms. The van der Waals surface area contributed by atoms with Gasteiger partial charge in [-0.05, 0) is 31.5 Å². The summed E-state index contributed by atoms with van der Waals surface area (Å²) in [7, 11) is -3.51. The molecule has 0 bridgehead atoms. The fourth-order valence-electron chi connectivity index (χ4n) is 1.26. The Balaban J connectivity index is 3.02. The molecular weight excluding hydrogens is 279 g/mol. The van der Waals surface area contributed by atoms with Gasteiger partial charge in [0, 0.05) is 17.7 Å². The van der Waals surface area contributed by atoms with Crippen LogP contribution >= 0.6 is 11.6 Å². The second kappa shape index (κ2) is 4.97. The second-order valence-corrected chi connectivity index (χ2v) is 7.59. The van der Waals surface area contributed by atoms with Crippen molar-refractivity contribution in [3.05, 3.63) is 34.6 Å². The van der Waals surface area contributed by atoms with Gasteiger partial charge >= 0.3 is 0 Å². The molecule has 0 N–H and O–H groups in total. The highest BCUT2D eigenvalue weighted by Crippen LogP contribution is 2.23. The van der Waals surface area contributed by atoms with Crippen LogP contribution in [0.15, 0.2) is 18.2 Å². The van der Waals surface area contributed by atoms with E-state index in [2.05, 4.69) is 0 Å². The number of carbonyl (C=O) groups is 1. The van der Waals surface area contributed by atoms with Crippen molar-refractivity contribution >= 4 is 27.2 Å². The lowest BCUT2D eigenvalue weighted by molar-refractivity contribution is -0.120. The third-order valence-corrected chi connectivity index (χ3v) is 5.40. The maximum Gasteiger partial charge on any atom is 0.159 e. The van der Waals surface area contributed by atoms with E-state index in [1.165, 1.54) is 26.0 Å². The van der Waals surface area contributed by atoms with Crippen LogP contribution in [0.25, 0.3) is 0 Å². The highest BCUT2D eigenvalue weighted by Gasteiger charge is 2.37. The summed E-state index contributed by atoms with van der Waals surface area (Å²) in [5.41, 5.74) is 0.416. The number of hydrogen-bond donors (Lipinski definition) is 0. The molecule has 0 heterocycles. The first-order chi connectivity index (χ1) is 8.05. The summed E-state index contributed by atoms with van der Waals surface area (Å²) in [5.74, 6) is -0.975. The fraction of sp³-hybridized carbons (Fsp3) is 0.417. The number of halogens is 2. The second-order valence-electron chi connectivity index (χ2n) is 4.62. The maximum atomic E-state index is 12.8. The molecule has 0 aromatic heterocycles. The van der Waals surface area contributed by atoms with Gasteiger partial charge in [-0.25, -0.2) is 12.8 Å². The molecule has 0 unspecified atom stereocenters. The number of rotatable bonds is 4. The van der Waals surface area contributed by atoms with Crippen molar-refractivity contribution in [3.63, 3.8) is 0 Å². The Hall–Kier alpha value is -0.940. The average molecular weight is 293 g/mol. The van der Waals surface area contributed by atoms with Gasteiger partial charge in [0.15, 0.2) is 15.6 Å². The normalized spacial score (nSPS) is 12.5. The topological polar surface area (TPSA) is 51.2 Å². The number of sulfone groups is 1. The molecule has 1 aromatic carbocycles. The van der Waals surface area contributed by atoms with Crippen LogP contribution in [-0.4, -0.2) is 25.2 Å². The Kier molecular flexibility index (Phi) is 4.18. The molecule has 0 fully saturated rings. The lowest BCUT2D eigenvalue weighted by Gasteiger charge is -2.21. The largest absolute Gasteiger partial charge is 0.298 e. The predicted octanol–water partition coefficient (Wildman–Crippen LogP) is 2.41. The van der Waals surface area contributed by atoms with Gasteiger partial charge in [-0.1, -0.05) is 17.7 Å². The first kappa shape index (κ1) is 15.1. The zero-order valence-corrected chi connectivity index (χ0v) is 11.9. The maximum absolute atomic E-state index is 12.8. The first-order valence-electron chi connectivity index (χ1n) is 5.22. The molecule has 0 saturated carbocycles.